The molecule has 2 aromatic rings. The van der Waals surface area contributed by atoms with Gasteiger partial charge in [0.15, 0.2) is 0 Å². The van der Waals surface area contributed by atoms with Crippen LogP contribution < -0.4 is 10.1 Å². The second-order valence-electron chi connectivity index (χ2n) is 4.97. The predicted molar refractivity (Wildman–Crippen MR) is 77.3 cm³/mol. The average molecular weight is 273 g/mol. The molecule has 1 N–H and O–H groups in total. The number of aromatic nitrogens is 2. The van der Waals surface area contributed by atoms with Crippen molar-refractivity contribution >= 4 is 5.91 Å². The van der Waals surface area contributed by atoms with Crippen molar-refractivity contribution < 1.29 is 9.53 Å². The highest BCUT2D eigenvalue weighted by atomic mass is 16.5. The summed E-state index contributed by atoms with van der Waals surface area (Å²) in [5.74, 6) is 1.07. The number of nitrogens with zero attached hydrogens (tertiary/aromatic N) is 2. The molecule has 2 rings (SSSR count). The highest BCUT2D eigenvalue weighted by molar-refractivity contribution is 5.92. The Labute approximate surface area is 118 Å². The van der Waals surface area contributed by atoms with Crippen LogP contribution in [-0.2, 0) is 0 Å². The standard InChI is InChI=1S/C15H19N3O2/c1-11(2)8-16-15(19)14-9-18(10-17-14)12-4-6-13(20-3)7-5-12/h4-7,9-11H,8H2,1-3H3,(H,16,19). The molecule has 1 aromatic heterocycles. The molecular weight excluding hydrogens is 254 g/mol. The molecule has 0 saturated carbocycles. The molecule has 1 amide bonds. The predicted octanol–water partition coefficient (Wildman–Crippen LogP) is 2.27. The van der Waals surface area contributed by atoms with E-state index in [2.05, 4.69) is 24.1 Å². The van der Waals surface area contributed by atoms with E-state index in [1.54, 1.807) is 19.6 Å². The Balaban J connectivity index is 2.09. The van der Waals surface area contributed by atoms with Gasteiger partial charge in [-0.3, -0.25) is 4.79 Å². The van der Waals surface area contributed by atoms with Gasteiger partial charge >= 0.3 is 0 Å². The second-order valence-corrected chi connectivity index (χ2v) is 4.97. The van der Waals surface area contributed by atoms with Crippen molar-refractivity contribution in [3.05, 3.63) is 42.5 Å². The Bertz CT molecular complexity index is 573. The van der Waals surface area contributed by atoms with E-state index in [0.717, 1.165) is 11.4 Å². The molecule has 1 heterocycles. The number of carbonyl (C=O) groups is 1. The zero-order valence-electron chi connectivity index (χ0n) is 12.0. The van der Waals surface area contributed by atoms with E-state index in [-0.39, 0.29) is 5.91 Å². The third kappa shape index (κ3) is 3.38. The van der Waals surface area contributed by atoms with Crippen LogP contribution in [0.25, 0.3) is 5.69 Å². The fraction of sp³-hybridized carbons (Fsp3) is 0.333. The zero-order valence-corrected chi connectivity index (χ0v) is 12.0. The molecule has 1 aromatic carbocycles. The molecule has 0 saturated heterocycles. The lowest BCUT2D eigenvalue weighted by molar-refractivity contribution is 0.0944. The van der Waals surface area contributed by atoms with E-state index in [1.165, 1.54) is 0 Å². The number of rotatable bonds is 5. The maximum atomic E-state index is 11.9. The van der Waals surface area contributed by atoms with Gasteiger partial charge in [0.2, 0.25) is 0 Å². The summed E-state index contributed by atoms with van der Waals surface area (Å²) in [6, 6.07) is 7.56. The molecule has 0 spiro atoms. The lowest BCUT2D eigenvalue weighted by Crippen LogP contribution is -2.27. The lowest BCUT2D eigenvalue weighted by Gasteiger charge is -2.05. The van der Waals surface area contributed by atoms with Crippen molar-refractivity contribution in [2.24, 2.45) is 5.92 Å². The van der Waals surface area contributed by atoms with E-state index in [9.17, 15) is 4.79 Å². The molecule has 5 nitrogen and oxygen atoms in total. The summed E-state index contributed by atoms with van der Waals surface area (Å²) < 4.78 is 6.92. The number of nitrogens with one attached hydrogen (secondary N) is 1. The maximum Gasteiger partial charge on any atom is 0.271 e. The molecule has 0 aliphatic carbocycles. The van der Waals surface area contributed by atoms with Crippen molar-refractivity contribution in [2.45, 2.75) is 13.8 Å². The van der Waals surface area contributed by atoms with Gasteiger partial charge < -0.3 is 14.6 Å². The Morgan fingerprint density at radius 1 is 1.35 bits per heavy atom. The van der Waals surface area contributed by atoms with Crippen LogP contribution in [0.4, 0.5) is 0 Å². The number of hydrogen-bond donors (Lipinski definition) is 1. The third-order valence-corrected chi connectivity index (χ3v) is 2.86. The molecule has 0 unspecified atom stereocenters. The number of ether oxygens (including phenoxy) is 1. The molecule has 5 heteroatoms. The van der Waals surface area contributed by atoms with Gasteiger partial charge in [0.25, 0.3) is 5.91 Å². The SMILES string of the molecule is COc1ccc(-n2cnc(C(=O)NCC(C)C)c2)cc1. The summed E-state index contributed by atoms with van der Waals surface area (Å²) in [6.07, 6.45) is 3.35. The normalized spacial score (nSPS) is 10.6. The Morgan fingerprint density at radius 2 is 2.05 bits per heavy atom. The number of carbonyl (C=O) groups excluding carboxylic acids is 1. The van der Waals surface area contributed by atoms with Crippen LogP contribution in [0.2, 0.25) is 0 Å². The van der Waals surface area contributed by atoms with Crippen LogP contribution in [-0.4, -0.2) is 29.1 Å². The summed E-state index contributed by atoms with van der Waals surface area (Å²) in [4.78, 5) is 16.0. The van der Waals surface area contributed by atoms with Crippen LogP contribution in [0.15, 0.2) is 36.8 Å². The molecule has 0 fully saturated rings. The van der Waals surface area contributed by atoms with Crippen molar-refractivity contribution in [3.63, 3.8) is 0 Å². The lowest BCUT2D eigenvalue weighted by atomic mass is 10.2. The van der Waals surface area contributed by atoms with Crippen molar-refractivity contribution in [1.29, 1.82) is 0 Å². The first-order chi connectivity index (χ1) is 9.60. The fourth-order valence-electron chi connectivity index (χ4n) is 1.72. The number of imidazole rings is 1. The van der Waals surface area contributed by atoms with Gasteiger partial charge in [0.1, 0.15) is 17.8 Å². The smallest absolute Gasteiger partial charge is 0.271 e. The molecule has 0 aliphatic heterocycles. The van der Waals surface area contributed by atoms with E-state index in [4.69, 9.17) is 4.74 Å². The minimum atomic E-state index is -0.147. The van der Waals surface area contributed by atoms with E-state index >= 15 is 0 Å². The van der Waals surface area contributed by atoms with Gasteiger partial charge in [0, 0.05) is 18.4 Å². The summed E-state index contributed by atoms with van der Waals surface area (Å²) >= 11 is 0. The van der Waals surface area contributed by atoms with E-state index in [0.29, 0.717) is 18.2 Å². The van der Waals surface area contributed by atoms with Crippen LogP contribution in [0, 0.1) is 5.92 Å². The van der Waals surface area contributed by atoms with Crippen LogP contribution in [0.1, 0.15) is 24.3 Å². The molecule has 0 radical (unpaired) electrons. The molecule has 106 valence electrons. The van der Waals surface area contributed by atoms with Gasteiger partial charge in [-0.15, -0.1) is 0 Å². The first-order valence-corrected chi connectivity index (χ1v) is 6.56. The first-order valence-electron chi connectivity index (χ1n) is 6.56. The van der Waals surface area contributed by atoms with Crippen molar-refractivity contribution in [1.82, 2.24) is 14.9 Å². The number of benzene rings is 1. The monoisotopic (exact) mass is 273 g/mol. The largest absolute Gasteiger partial charge is 0.497 e. The Hall–Kier alpha value is -2.30. The van der Waals surface area contributed by atoms with Crippen LogP contribution in [0.5, 0.6) is 5.75 Å². The highest BCUT2D eigenvalue weighted by Gasteiger charge is 2.10. The van der Waals surface area contributed by atoms with Crippen molar-refractivity contribution in [2.75, 3.05) is 13.7 Å². The van der Waals surface area contributed by atoms with Gasteiger partial charge in [-0.2, -0.15) is 0 Å². The van der Waals surface area contributed by atoms with Gasteiger partial charge in [0.05, 0.1) is 7.11 Å². The summed E-state index contributed by atoms with van der Waals surface area (Å²) in [7, 11) is 1.63. The minimum Gasteiger partial charge on any atom is -0.497 e. The quantitative estimate of drug-likeness (QED) is 0.909. The Kier molecular flexibility index (Phi) is 4.40. The second kappa shape index (κ2) is 6.23. The number of methoxy groups -OCH3 is 1. The number of amides is 1. The average Bonchev–Trinajstić information content (AvgIpc) is 2.94. The van der Waals surface area contributed by atoms with E-state index in [1.807, 2.05) is 28.8 Å². The molecular formula is C15H19N3O2. The number of hydrogen-bond acceptors (Lipinski definition) is 3. The van der Waals surface area contributed by atoms with Crippen molar-refractivity contribution in [3.8, 4) is 11.4 Å². The summed E-state index contributed by atoms with van der Waals surface area (Å²) in [5, 5.41) is 2.85. The molecule has 0 atom stereocenters. The molecule has 0 bridgehead atoms. The summed E-state index contributed by atoms with van der Waals surface area (Å²) in [5.41, 5.74) is 1.35. The molecule has 20 heavy (non-hydrogen) atoms. The topological polar surface area (TPSA) is 56.2 Å². The van der Waals surface area contributed by atoms with Crippen LogP contribution >= 0.6 is 0 Å². The first kappa shape index (κ1) is 14.1. The minimum absolute atomic E-state index is 0.147. The third-order valence-electron chi connectivity index (χ3n) is 2.86. The van der Waals surface area contributed by atoms with Gasteiger partial charge in [-0.25, -0.2) is 4.98 Å². The summed E-state index contributed by atoms with van der Waals surface area (Å²) in [6.45, 7) is 4.75. The molecule has 0 aliphatic rings. The zero-order chi connectivity index (χ0) is 14.5. The van der Waals surface area contributed by atoms with E-state index < -0.39 is 0 Å². The van der Waals surface area contributed by atoms with Gasteiger partial charge in [-0.1, -0.05) is 13.8 Å². The Morgan fingerprint density at radius 3 is 2.65 bits per heavy atom. The van der Waals surface area contributed by atoms with Crippen LogP contribution in [0.3, 0.4) is 0 Å². The van der Waals surface area contributed by atoms with Gasteiger partial charge in [-0.05, 0) is 30.2 Å². The maximum absolute atomic E-state index is 11.9. The highest BCUT2D eigenvalue weighted by Crippen LogP contribution is 2.15. The fourth-order valence-corrected chi connectivity index (χ4v) is 1.72.